The first-order valence-electron chi connectivity index (χ1n) is 6.68. The van der Waals surface area contributed by atoms with E-state index in [0.29, 0.717) is 17.2 Å². The lowest BCUT2D eigenvalue weighted by atomic mass is 10.2. The molecule has 0 atom stereocenters. The number of ether oxygens (including phenoxy) is 3. The molecule has 0 unspecified atom stereocenters. The average Bonchev–Trinajstić information content (AvgIpc) is 2.59. The normalized spacial score (nSPS) is 10.1. The standard InChI is InChI=1S/C15H17N3O5/c1-16-15(20)14-10(19)8-13(23-4)18(17-14)9-5-6-11(21-2)12(7-9)22-3/h5-8H,1-4H3,(H,16,20). The number of hydrogen-bond donors (Lipinski definition) is 1. The van der Waals surface area contributed by atoms with Crippen LogP contribution in [-0.2, 0) is 0 Å². The summed E-state index contributed by atoms with van der Waals surface area (Å²) in [5, 5.41) is 6.46. The summed E-state index contributed by atoms with van der Waals surface area (Å²) in [4.78, 5) is 23.7. The van der Waals surface area contributed by atoms with Crippen LogP contribution in [0.15, 0.2) is 29.1 Å². The van der Waals surface area contributed by atoms with Gasteiger partial charge in [0.2, 0.25) is 11.3 Å². The number of benzene rings is 1. The first-order valence-corrected chi connectivity index (χ1v) is 6.68. The van der Waals surface area contributed by atoms with Gasteiger partial charge < -0.3 is 19.5 Å². The first-order chi connectivity index (χ1) is 11.0. The summed E-state index contributed by atoms with van der Waals surface area (Å²) in [5.41, 5.74) is -0.217. The van der Waals surface area contributed by atoms with E-state index in [1.165, 1.54) is 39.1 Å². The van der Waals surface area contributed by atoms with Crippen molar-refractivity contribution in [1.29, 1.82) is 0 Å². The molecule has 2 aromatic rings. The number of nitrogens with one attached hydrogen (secondary N) is 1. The Bertz CT molecular complexity index is 785. The maximum Gasteiger partial charge on any atom is 0.275 e. The van der Waals surface area contributed by atoms with Crippen molar-refractivity contribution in [1.82, 2.24) is 15.1 Å². The van der Waals surface area contributed by atoms with Crippen molar-refractivity contribution in [2.75, 3.05) is 28.4 Å². The summed E-state index contributed by atoms with van der Waals surface area (Å²) < 4.78 is 16.9. The van der Waals surface area contributed by atoms with Gasteiger partial charge in [0.1, 0.15) is 0 Å². The highest BCUT2D eigenvalue weighted by Crippen LogP contribution is 2.29. The van der Waals surface area contributed by atoms with E-state index in [0.717, 1.165) is 0 Å². The predicted molar refractivity (Wildman–Crippen MR) is 82.9 cm³/mol. The Hall–Kier alpha value is -3.03. The molecule has 0 radical (unpaired) electrons. The number of hydrogen-bond acceptors (Lipinski definition) is 6. The molecule has 0 aliphatic carbocycles. The summed E-state index contributed by atoms with van der Waals surface area (Å²) in [6, 6.07) is 6.25. The van der Waals surface area contributed by atoms with Gasteiger partial charge in [-0.05, 0) is 12.1 Å². The minimum Gasteiger partial charge on any atom is -0.493 e. The third-order valence-corrected chi connectivity index (χ3v) is 3.16. The van der Waals surface area contributed by atoms with Gasteiger partial charge in [0.25, 0.3) is 5.91 Å². The highest BCUT2D eigenvalue weighted by Gasteiger charge is 2.17. The Morgan fingerprint density at radius 2 is 1.78 bits per heavy atom. The highest BCUT2D eigenvalue weighted by atomic mass is 16.5. The highest BCUT2D eigenvalue weighted by molar-refractivity contribution is 5.91. The van der Waals surface area contributed by atoms with Crippen LogP contribution < -0.4 is 25.0 Å². The molecule has 1 aromatic carbocycles. The van der Waals surface area contributed by atoms with Crippen molar-refractivity contribution in [3.63, 3.8) is 0 Å². The maximum atomic E-state index is 11.9. The lowest BCUT2D eigenvalue weighted by Gasteiger charge is -2.14. The van der Waals surface area contributed by atoms with Crippen LogP contribution in [0.3, 0.4) is 0 Å². The maximum absolute atomic E-state index is 11.9. The summed E-state index contributed by atoms with van der Waals surface area (Å²) in [5.74, 6) is 0.638. The molecule has 8 heteroatoms. The number of rotatable bonds is 5. The van der Waals surface area contributed by atoms with Crippen LogP contribution >= 0.6 is 0 Å². The smallest absolute Gasteiger partial charge is 0.275 e. The van der Waals surface area contributed by atoms with Crippen molar-refractivity contribution in [2.24, 2.45) is 0 Å². The van der Waals surface area contributed by atoms with E-state index in [4.69, 9.17) is 14.2 Å². The SMILES string of the molecule is CNC(=O)c1nn(-c2ccc(OC)c(OC)c2)c(OC)cc1=O. The molecule has 0 aliphatic rings. The Morgan fingerprint density at radius 1 is 1.09 bits per heavy atom. The lowest BCUT2D eigenvalue weighted by molar-refractivity contribution is 0.0955. The Morgan fingerprint density at radius 3 is 2.35 bits per heavy atom. The molecule has 122 valence electrons. The molecule has 8 nitrogen and oxygen atoms in total. The van der Waals surface area contributed by atoms with Crippen molar-refractivity contribution < 1.29 is 19.0 Å². The molecule has 1 heterocycles. The molecule has 0 aliphatic heterocycles. The molecule has 0 fully saturated rings. The molecule has 0 saturated carbocycles. The van der Waals surface area contributed by atoms with Crippen LogP contribution in [0.2, 0.25) is 0 Å². The van der Waals surface area contributed by atoms with Gasteiger partial charge in [-0.25, -0.2) is 0 Å². The van der Waals surface area contributed by atoms with Crippen LogP contribution in [0.4, 0.5) is 0 Å². The topological polar surface area (TPSA) is 91.7 Å². The second kappa shape index (κ2) is 6.82. The summed E-state index contributed by atoms with van der Waals surface area (Å²) >= 11 is 0. The molecule has 2 rings (SSSR count). The van der Waals surface area contributed by atoms with E-state index < -0.39 is 11.3 Å². The number of nitrogens with zero attached hydrogens (tertiary/aromatic N) is 2. The van der Waals surface area contributed by atoms with Gasteiger partial charge in [-0.2, -0.15) is 9.78 Å². The minimum absolute atomic E-state index is 0.190. The summed E-state index contributed by atoms with van der Waals surface area (Å²) in [6.45, 7) is 0. The van der Waals surface area contributed by atoms with Gasteiger partial charge in [-0.1, -0.05) is 0 Å². The molecule has 23 heavy (non-hydrogen) atoms. The van der Waals surface area contributed by atoms with E-state index in [2.05, 4.69) is 10.4 Å². The molecule has 1 aromatic heterocycles. The van der Waals surface area contributed by atoms with E-state index in [-0.39, 0.29) is 11.6 Å². The van der Waals surface area contributed by atoms with Gasteiger partial charge in [0.15, 0.2) is 17.2 Å². The second-order valence-electron chi connectivity index (χ2n) is 4.43. The summed E-state index contributed by atoms with van der Waals surface area (Å²) in [6.07, 6.45) is 0. The van der Waals surface area contributed by atoms with Crippen molar-refractivity contribution in [3.8, 4) is 23.1 Å². The third-order valence-electron chi connectivity index (χ3n) is 3.16. The van der Waals surface area contributed by atoms with Crippen molar-refractivity contribution >= 4 is 5.91 Å². The zero-order valence-electron chi connectivity index (χ0n) is 13.2. The fraction of sp³-hybridized carbons (Fsp3) is 0.267. The van der Waals surface area contributed by atoms with Crippen LogP contribution in [-0.4, -0.2) is 44.1 Å². The van der Waals surface area contributed by atoms with E-state index in [1.54, 1.807) is 18.2 Å². The van der Waals surface area contributed by atoms with Gasteiger partial charge in [0, 0.05) is 13.1 Å². The largest absolute Gasteiger partial charge is 0.493 e. The Labute approximate surface area is 132 Å². The Kier molecular flexibility index (Phi) is 4.85. The lowest BCUT2D eigenvalue weighted by Crippen LogP contribution is -2.29. The van der Waals surface area contributed by atoms with E-state index in [9.17, 15) is 9.59 Å². The minimum atomic E-state index is -0.577. The number of aromatic nitrogens is 2. The van der Waals surface area contributed by atoms with Gasteiger partial charge in [-0.3, -0.25) is 9.59 Å². The second-order valence-corrected chi connectivity index (χ2v) is 4.43. The first kappa shape index (κ1) is 16.3. The van der Waals surface area contributed by atoms with Gasteiger partial charge >= 0.3 is 0 Å². The van der Waals surface area contributed by atoms with Crippen LogP contribution in [0.1, 0.15) is 10.5 Å². The zero-order valence-corrected chi connectivity index (χ0v) is 13.2. The van der Waals surface area contributed by atoms with Crippen molar-refractivity contribution in [3.05, 3.63) is 40.2 Å². The molecular formula is C15H17N3O5. The molecule has 1 amide bonds. The quantitative estimate of drug-likeness (QED) is 0.868. The van der Waals surface area contributed by atoms with Crippen LogP contribution in [0.25, 0.3) is 5.69 Å². The number of carbonyl (C=O) groups is 1. The number of methoxy groups -OCH3 is 3. The molecule has 1 N–H and O–H groups in total. The fourth-order valence-electron chi connectivity index (χ4n) is 2.00. The van der Waals surface area contributed by atoms with E-state index in [1.807, 2.05) is 0 Å². The molecule has 0 spiro atoms. The van der Waals surface area contributed by atoms with Crippen LogP contribution in [0.5, 0.6) is 17.4 Å². The molecular weight excluding hydrogens is 302 g/mol. The summed E-state index contributed by atoms with van der Waals surface area (Å²) in [7, 11) is 5.87. The number of amides is 1. The third kappa shape index (κ3) is 3.10. The predicted octanol–water partition coefficient (Wildman–Crippen LogP) is 0.618. The monoisotopic (exact) mass is 319 g/mol. The molecule has 0 bridgehead atoms. The van der Waals surface area contributed by atoms with Crippen LogP contribution in [0, 0.1) is 0 Å². The van der Waals surface area contributed by atoms with Gasteiger partial charge in [0.05, 0.1) is 33.1 Å². The van der Waals surface area contributed by atoms with E-state index >= 15 is 0 Å². The Balaban J connectivity index is 2.66. The fourth-order valence-corrected chi connectivity index (χ4v) is 2.00. The average molecular weight is 319 g/mol. The zero-order chi connectivity index (χ0) is 17.0. The van der Waals surface area contributed by atoms with Crippen molar-refractivity contribution in [2.45, 2.75) is 0 Å². The van der Waals surface area contributed by atoms with Gasteiger partial charge in [-0.15, -0.1) is 0 Å². The molecule has 0 saturated heterocycles. The number of carbonyl (C=O) groups excluding carboxylic acids is 1.